The van der Waals surface area contributed by atoms with Crippen molar-refractivity contribution >= 4 is 15.9 Å². The molecule has 1 unspecified atom stereocenters. The molecule has 0 aromatic carbocycles. The van der Waals surface area contributed by atoms with Gasteiger partial charge in [-0.15, -0.1) is 5.10 Å². The summed E-state index contributed by atoms with van der Waals surface area (Å²) in [5, 5.41) is 11.6. The van der Waals surface area contributed by atoms with Crippen molar-refractivity contribution in [3.8, 4) is 0 Å². The zero-order valence-corrected chi connectivity index (χ0v) is 11.5. The number of halogens is 1. The molecule has 1 aromatic heterocycles. The second-order valence-corrected chi connectivity index (χ2v) is 5.28. The number of hydrogen-bond acceptors (Lipinski definition) is 3. The molecule has 1 saturated carbocycles. The predicted octanol–water partition coefficient (Wildman–Crippen LogP) is 2.42. The molecule has 90 valence electrons. The van der Waals surface area contributed by atoms with Crippen molar-refractivity contribution in [1.82, 2.24) is 20.3 Å². The van der Waals surface area contributed by atoms with Crippen molar-refractivity contribution in [3.63, 3.8) is 0 Å². The number of aryl methyl sites for hydroxylation is 1. The molecule has 1 heterocycles. The summed E-state index contributed by atoms with van der Waals surface area (Å²) in [6, 6.07) is 0.379. The van der Waals surface area contributed by atoms with Gasteiger partial charge in [-0.2, -0.15) is 0 Å². The molecule has 1 aliphatic carbocycles. The van der Waals surface area contributed by atoms with Crippen LogP contribution in [0, 0.1) is 5.92 Å². The maximum absolute atomic E-state index is 4.06. The Morgan fingerprint density at radius 1 is 1.56 bits per heavy atom. The fourth-order valence-corrected chi connectivity index (χ4v) is 2.91. The van der Waals surface area contributed by atoms with Gasteiger partial charge in [-0.3, -0.25) is 0 Å². The van der Waals surface area contributed by atoms with Gasteiger partial charge < -0.3 is 5.32 Å². The minimum atomic E-state index is 0.379. The number of nitrogens with one attached hydrogen (secondary N) is 1. The quantitative estimate of drug-likeness (QED) is 0.904. The highest BCUT2D eigenvalue weighted by molar-refractivity contribution is 9.10. The summed E-state index contributed by atoms with van der Waals surface area (Å²) < 4.78 is 2.75. The molecule has 1 atom stereocenters. The molecule has 0 radical (unpaired) electrons. The first kappa shape index (κ1) is 12.0. The van der Waals surface area contributed by atoms with Crippen LogP contribution in [-0.4, -0.2) is 21.5 Å². The molecule has 1 aliphatic rings. The summed E-state index contributed by atoms with van der Waals surface area (Å²) in [6.45, 7) is 3.13. The third kappa shape index (κ3) is 2.46. The van der Waals surface area contributed by atoms with E-state index in [0.717, 1.165) is 17.1 Å². The van der Waals surface area contributed by atoms with Crippen LogP contribution in [0.25, 0.3) is 0 Å². The number of aromatic nitrogens is 3. The highest BCUT2D eigenvalue weighted by Crippen LogP contribution is 2.35. The maximum Gasteiger partial charge on any atom is 0.153 e. The maximum atomic E-state index is 4.06. The van der Waals surface area contributed by atoms with Crippen molar-refractivity contribution < 1.29 is 0 Å². The Kier molecular flexibility index (Phi) is 3.97. The second-order valence-electron chi connectivity index (χ2n) is 4.53. The van der Waals surface area contributed by atoms with Gasteiger partial charge in [0, 0.05) is 7.05 Å². The summed E-state index contributed by atoms with van der Waals surface area (Å²) in [4.78, 5) is 0. The standard InChI is InChI=1S/C11H19BrN4/c1-3-13-9(7-8-5-4-6-8)10-11(12)14-15-16(10)2/h8-9,13H,3-7H2,1-2H3. The summed E-state index contributed by atoms with van der Waals surface area (Å²) in [5.41, 5.74) is 1.17. The largest absolute Gasteiger partial charge is 0.309 e. The van der Waals surface area contributed by atoms with E-state index in [9.17, 15) is 0 Å². The van der Waals surface area contributed by atoms with Gasteiger partial charge in [0.15, 0.2) is 4.60 Å². The fraction of sp³-hybridized carbons (Fsp3) is 0.818. The summed E-state index contributed by atoms with van der Waals surface area (Å²) in [7, 11) is 1.96. The SMILES string of the molecule is CCNC(CC1CCC1)c1c(Br)nnn1C. The summed E-state index contributed by atoms with van der Waals surface area (Å²) >= 11 is 3.48. The molecule has 2 rings (SSSR count). The Morgan fingerprint density at radius 3 is 2.75 bits per heavy atom. The van der Waals surface area contributed by atoms with E-state index < -0.39 is 0 Å². The van der Waals surface area contributed by atoms with E-state index in [-0.39, 0.29) is 0 Å². The van der Waals surface area contributed by atoms with Crippen LogP contribution >= 0.6 is 15.9 Å². The number of rotatable bonds is 5. The van der Waals surface area contributed by atoms with Gasteiger partial charge in [0.1, 0.15) is 0 Å². The Hall–Kier alpha value is -0.420. The van der Waals surface area contributed by atoms with E-state index >= 15 is 0 Å². The highest BCUT2D eigenvalue weighted by atomic mass is 79.9. The summed E-state index contributed by atoms with van der Waals surface area (Å²) in [5.74, 6) is 0.880. The van der Waals surface area contributed by atoms with Crippen LogP contribution in [0.2, 0.25) is 0 Å². The smallest absolute Gasteiger partial charge is 0.153 e. The molecule has 0 saturated heterocycles. The lowest BCUT2D eigenvalue weighted by molar-refractivity contribution is 0.258. The van der Waals surface area contributed by atoms with Gasteiger partial charge >= 0.3 is 0 Å². The average molecular weight is 287 g/mol. The van der Waals surface area contributed by atoms with Crippen LogP contribution in [0.4, 0.5) is 0 Å². The van der Waals surface area contributed by atoms with Crippen molar-refractivity contribution in [1.29, 1.82) is 0 Å². The molecule has 0 amide bonds. The molecule has 0 spiro atoms. The van der Waals surface area contributed by atoms with Gasteiger partial charge in [0.05, 0.1) is 11.7 Å². The van der Waals surface area contributed by atoms with Crippen molar-refractivity contribution in [3.05, 3.63) is 10.3 Å². The highest BCUT2D eigenvalue weighted by Gasteiger charge is 2.26. The molecular weight excluding hydrogens is 268 g/mol. The van der Waals surface area contributed by atoms with E-state index in [4.69, 9.17) is 0 Å². The number of hydrogen-bond donors (Lipinski definition) is 1. The minimum Gasteiger partial charge on any atom is -0.309 e. The third-order valence-electron chi connectivity index (χ3n) is 3.40. The minimum absolute atomic E-state index is 0.379. The fourth-order valence-electron chi connectivity index (χ4n) is 2.31. The Bertz CT molecular complexity index is 326. The Balaban J connectivity index is 2.10. The van der Waals surface area contributed by atoms with Gasteiger partial charge in [-0.1, -0.05) is 31.4 Å². The molecule has 1 fully saturated rings. The Morgan fingerprint density at radius 2 is 2.31 bits per heavy atom. The van der Waals surface area contributed by atoms with Crippen molar-refractivity contribution in [2.45, 2.75) is 38.6 Å². The Labute approximate surface area is 105 Å². The lowest BCUT2D eigenvalue weighted by atomic mass is 9.80. The molecule has 16 heavy (non-hydrogen) atoms. The van der Waals surface area contributed by atoms with E-state index in [0.29, 0.717) is 6.04 Å². The number of nitrogens with zero attached hydrogens (tertiary/aromatic N) is 3. The van der Waals surface area contributed by atoms with Crippen LogP contribution in [-0.2, 0) is 7.05 Å². The molecule has 5 heteroatoms. The topological polar surface area (TPSA) is 42.7 Å². The van der Waals surface area contributed by atoms with E-state index in [1.807, 2.05) is 11.7 Å². The molecule has 1 N–H and O–H groups in total. The summed E-state index contributed by atoms with van der Waals surface area (Å²) in [6.07, 6.45) is 5.36. The van der Waals surface area contributed by atoms with Crippen LogP contribution < -0.4 is 5.32 Å². The first-order chi connectivity index (χ1) is 7.72. The average Bonchev–Trinajstić information content (AvgIpc) is 2.51. The molecule has 1 aromatic rings. The zero-order chi connectivity index (χ0) is 11.5. The normalized spacial score (nSPS) is 18.4. The molecule has 4 nitrogen and oxygen atoms in total. The van der Waals surface area contributed by atoms with Crippen molar-refractivity contribution in [2.75, 3.05) is 6.54 Å². The molecular formula is C11H19BrN4. The zero-order valence-electron chi connectivity index (χ0n) is 9.91. The third-order valence-corrected chi connectivity index (χ3v) is 3.97. The molecule has 0 bridgehead atoms. The van der Waals surface area contributed by atoms with E-state index in [1.165, 1.54) is 31.4 Å². The second kappa shape index (κ2) is 5.27. The van der Waals surface area contributed by atoms with Gasteiger partial charge in [-0.05, 0) is 34.8 Å². The first-order valence-electron chi connectivity index (χ1n) is 6.00. The van der Waals surface area contributed by atoms with Crippen LogP contribution in [0.3, 0.4) is 0 Å². The lowest BCUT2D eigenvalue weighted by Gasteiger charge is -2.30. The first-order valence-corrected chi connectivity index (χ1v) is 6.80. The molecule has 0 aliphatic heterocycles. The van der Waals surface area contributed by atoms with Crippen LogP contribution in [0.15, 0.2) is 4.60 Å². The van der Waals surface area contributed by atoms with Gasteiger partial charge in [-0.25, -0.2) is 4.68 Å². The lowest BCUT2D eigenvalue weighted by Crippen LogP contribution is -2.27. The monoisotopic (exact) mass is 286 g/mol. The van der Waals surface area contributed by atoms with Crippen molar-refractivity contribution in [2.24, 2.45) is 13.0 Å². The van der Waals surface area contributed by atoms with E-state index in [1.54, 1.807) is 0 Å². The van der Waals surface area contributed by atoms with Gasteiger partial charge in [0.25, 0.3) is 0 Å². The van der Waals surface area contributed by atoms with Crippen LogP contribution in [0.5, 0.6) is 0 Å². The predicted molar refractivity (Wildman–Crippen MR) is 67.1 cm³/mol. The van der Waals surface area contributed by atoms with Gasteiger partial charge in [0.2, 0.25) is 0 Å². The van der Waals surface area contributed by atoms with E-state index in [2.05, 4.69) is 38.5 Å². The van der Waals surface area contributed by atoms with Crippen LogP contribution in [0.1, 0.15) is 44.3 Å².